The van der Waals surface area contributed by atoms with Gasteiger partial charge in [-0.25, -0.2) is 0 Å². The van der Waals surface area contributed by atoms with E-state index in [2.05, 4.69) is 5.32 Å². The van der Waals surface area contributed by atoms with Gasteiger partial charge in [0.1, 0.15) is 6.04 Å². The van der Waals surface area contributed by atoms with Crippen LogP contribution in [0.25, 0.3) is 0 Å². The molecule has 1 aliphatic carbocycles. The predicted molar refractivity (Wildman–Crippen MR) is 90.5 cm³/mol. The molecule has 1 saturated heterocycles. The third-order valence-corrected chi connectivity index (χ3v) is 5.07. The van der Waals surface area contributed by atoms with Gasteiger partial charge in [-0.2, -0.15) is 0 Å². The maximum atomic E-state index is 12.7. The number of amides is 2. The molecular weight excluding hydrogens is 312 g/mol. The van der Waals surface area contributed by atoms with Crippen molar-refractivity contribution in [3.05, 3.63) is 34.9 Å². The summed E-state index contributed by atoms with van der Waals surface area (Å²) in [5.41, 5.74) is 0.551. The van der Waals surface area contributed by atoms with Crippen molar-refractivity contribution in [3.63, 3.8) is 0 Å². The molecule has 1 atom stereocenters. The van der Waals surface area contributed by atoms with Crippen LogP contribution in [0.5, 0.6) is 0 Å². The first-order valence-corrected chi connectivity index (χ1v) is 8.90. The van der Waals surface area contributed by atoms with E-state index in [-0.39, 0.29) is 23.9 Å². The normalized spacial score (nSPS) is 22.1. The lowest BCUT2D eigenvalue weighted by Gasteiger charge is -2.28. The van der Waals surface area contributed by atoms with E-state index in [0.29, 0.717) is 17.1 Å². The quantitative estimate of drug-likeness (QED) is 0.921. The van der Waals surface area contributed by atoms with Gasteiger partial charge in [0.25, 0.3) is 5.91 Å². The number of hydrogen-bond acceptors (Lipinski definition) is 2. The minimum Gasteiger partial charge on any atom is -0.352 e. The summed E-state index contributed by atoms with van der Waals surface area (Å²) in [4.78, 5) is 27.0. The summed E-state index contributed by atoms with van der Waals surface area (Å²) in [7, 11) is 0. The highest BCUT2D eigenvalue weighted by Crippen LogP contribution is 2.23. The molecule has 1 N–H and O–H groups in total. The first-order valence-electron chi connectivity index (χ1n) is 8.52. The van der Waals surface area contributed by atoms with Gasteiger partial charge in [0.05, 0.1) is 0 Å². The fraction of sp³-hybridized carbons (Fsp3) is 0.556. The van der Waals surface area contributed by atoms with Crippen LogP contribution in [0.15, 0.2) is 24.3 Å². The highest BCUT2D eigenvalue weighted by Gasteiger charge is 2.35. The number of hydrogen-bond donors (Lipinski definition) is 1. The second-order valence-corrected chi connectivity index (χ2v) is 6.95. The van der Waals surface area contributed by atoms with E-state index in [4.69, 9.17) is 11.6 Å². The Balaban J connectivity index is 1.67. The van der Waals surface area contributed by atoms with E-state index in [0.717, 1.165) is 25.7 Å². The molecule has 0 aromatic heterocycles. The summed E-state index contributed by atoms with van der Waals surface area (Å²) in [6, 6.07) is 6.86. The molecule has 1 aromatic rings. The van der Waals surface area contributed by atoms with Crippen LogP contribution in [-0.2, 0) is 4.79 Å². The third-order valence-electron chi connectivity index (χ3n) is 4.84. The fourth-order valence-electron chi connectivity index (χ4n) is 3.61. The van der Waals surface area contributed by atoms with Gasteiger partial charge in [-0.1, -0.05) is 36.9 Å². The van der Waals surface area contributed by atoms with E-state index in [9.17, 15) is 9.59 Å². The van der Waals surface area contributed by atoms with Gasteiger partial charge in [-0.15, -0.1) is 0 Å². The van der Waals surface area contributed by atoms with Crippen LogP contribution < -0.4 is 5.32 Å². The molecule has 0 bridgehead atoms. The number of carbonyl (C=O) groups is 2. The molecule has 124 valence electrons. The van der Waals surface area contributed by atoms with Gasteiger partial charge in [-0.05, 0) is 43.9 Å². The van der Waals surface area contributed by atoms with Crippen LogP contribution in [-0.4, -0.2) is 35.3 Å². The predicted octanol–water partition coefficient (Wildman–Crippen LogP) is 3.39. The van der Waals surface area contributed by atoms with Crippen LogP contribution >= 0.6 is 11.6 Å². The molecule has 1 aromatic carbocycles. The topological polar surface area (TPSA) is 49.4 Å². The third kappa shape index (κ3) is 3.86. The minimum atomic E-state index is -0.344. The SMILES string of the molecule is O=C(NC1CCCCC1)[C@@H]1CCCN1C(=O)c1cccc(Cl)c1. The molecule has 1 aliphatic heterocycles. The number of carbonyl (C=O) groups excluding carboxylic acids is 2. The molecule has 2 aliphatic rings. The van der Waals surface area contributed by atoms with Gasteiger partial charge in [0.2, 0.25) is 5.91 Å². The Morgan fingerprint density at radius 2 is 1.87 bits per heavy atom. The number of nitrogens with one attached hydrogen (secondary N) is 1. The number of likely N-dealkylation sites (tertiary alicyclic amines) is 1. The second kappa shape index (κ2) is 7.35. The van der Waals surface area contributed by atoms with Crippen LogP contribution in [0.2, 0.25) is 5.02 Å². The monoisotopic (exact) mass is 334 g/mol. The van der Waals surface area contributed by atoms with Crippen molar-refractivity contribution in [1.82, 2.24) is 10.2 Å². The summed E-state index contributed by atoms with van der Waals surface area (Å²) >= 11 is 5.97. The van der Waals surface area contributed by atoms with Gasteiger partial charge >= 0.3 is 0 Å². The lowest BCUT2D eigenvalue weighted by Crippen LogP contribution is -2.49. The van der Waals surface area contributed by atoms with Gasteiger partial charge in [0.15, 0.2) is 0 Å². The highest BCUT2D eigenvalue weighted by atomic mass is 35.5. The fourth-order valence-corrected chi connectivity index (χ4v) is 3.80. The number of rotatable bonds is 3. The Morgan fingerprint density at radius 3 is 2.61 bits per heavy atom. The number of halogens is 1. The second-order valence-electron chi connectivity index (χ2n) is 6.51. The van der Waals surface area contributed by atoms with Gasteiger partial charge in [0, 0.05) is 23.2 Å². The standard InChI is InChI=1S/C18H23ClN2O2/c19-14-7-4-6-13(12-14)18(23)21-11-5-10-16(21)17(22)20-15-8-2-1-3-9-15/h4,6-7,12,15-16H,1-3,5,8-11H2,(H,20,22)/t16-/m0/s1. The molecule has 5 heteroatoms. The summed E-state index contributed by atoms with van der Waals surface area (Å²) in [6.45, 7) is 0.633. The first kappa shape index (κ1) is 16.3. The summed E-state index contributed by atoms with van der Waals surface area (Å²) < 4.78 is 0. The van der Waals surface area contributed by atoms with Crippen molar-refractivity contribution in [3.8, 4) is 0 Å². The lowest BCUT2D eigenvalue weighted by atomic mass is 9.95. The summed E-state index contributed by atoms with van der Waals surface area (Å²) in [5, 5.41) is 3.69. The molecule has 3 rings (SSSR count). The smallest absolute Gasteiger partial charge is 0.254 e. The van der Waals surface area contributed by atoms with Crippen molar-refractivity contribution in [2.24, 2.45) is 0 Å². The van der Waals surface area contributed by atoms with E-state index < -0.39 is 0 Å². The zero-order valence-electron chi connectivity index (χ0n) is 13.3. The Morgan fingerprint density at radius 1 is 1.09 bits per heavy atom. The lowest BCUT2D eigenvalue weighted by molar-refractivity contribution is -0.125. The average Bonchev–Trinajstić information content (AvgIpc) is 3.05. The maximum Gasteiger partial charge on any atom is 0.254 e. The Labute approximate surface area is 142 Å². The van der Waals surface area contributed by atoms with E-state index in [1.807, 2.05) is 0 Å². The van der Waals surface area contributed by atoms with Crippen LogP contribution in [0.3, 0.4) is 0 Å². The van der Waals surface area contributed by atoms with E-state index in [1.165, 1.54) is 19.3 Å². The minimum absolute atomic E-state index is 0.00442. The molecule has 0 spiro atoms. The largest absolute Gasteiger partial charge is 0.352 e. The van der Waals surface area contributed by atoms with Crippen molar-refractivity contribution in [2.45, 2.75) is 57.0 Å². The molecule has 2 fully saturated rings. The Hall–Kier alpha value is -1.55. The van der Waals surface area contributed by atoms with Gasteiger partial charge in [-0.3, -0.25) is 9.59 Å². The Kier molecular flexibility index (Phi) is 5.21. The van der Waals surface area contributed by atoms with Crippen LogP contribution in [0.4, 0.5) is 0 Å². The van der Waals surface area contributed by atoms with Crippen molar-refractivity contribution >= 4 is 23.4 Å². The molecular formula is C18H23ClN2O2. The molecule has 2 amide bonds. The van der Waals surface area contributed by atoms with E-state index >= 15 is 0 Å². The maximum absolute atomic E-state index is 12.7. The van der Waals surface area contributed by atoms with Crippen LogP contribution in [0, 0.1) is 0 Å². The highest BCUT2D eigenvalue weighted by molar-refractivity contribution is 6.31. The average molecular weight is 335 g/mol. The zero-order chi connectivity index (χ0) is 16.2. The molecule has 0 unspecified atom stereocenters. The molecule has 1 heterocycles. The van der Waals surface area contributed by atoms with Crippen molar-refractivity contribution < 1.29 is 9.59 Å². The number of nitrogens with zero attached hydrogens (tertiary/aromatic N) is 1. The summed E-state index contributed by atoms with van der Waals surface area (Å²) in [6.07, 6.45) is 7.35. The van der Waals surface area contributed by atoms with Crippen LogP contribution in [0.1, 0.15) is 55.3 Å². The van der Waals surface area contributed by atoms with Crippen molar-refractivity contribution in [1.29, 1.82) is 0 Å². The summed E-state index contributed by atoms with van der Waals surface area (Å²) in [5.74, 6) is -0.0985. The zero-order valence-corrected chi connectivity index (χ0v) is 14.0. The Bertz CT molecular complexity index is 584. The molecule has 1 saturated carbocycles. The van der Waals surface area contributed by atoms with E-state index in [1.54, 1.807) is 29.2 Å². The van der Waals surface area contributed by atoms with Gasteiger partial charge < -0.3 is 10.2 Å². The molecule has 23 heavy (non-hydrogen) atoms. The van der Waals surface area contributed by atoms with Crippen molar-refractivity contribution in [2.75, 3.05) is 6.54 Å². The number of benzene rings is 1. The first-order chi connectivity index (χ1) is 11.1. The molecule has 0 radical (unpaired) electrons. The molecule has 4 nitrogen and oxygen atoms in total.